The van der Waals surface area contributed by atoms with Crippen LogP contribution < -0.4 is 5.73 Å². The first-order valence-electron chi connectivity index (χ1n) is 6.25. The lowest BCUT2D eigenvalue weighted by Gasteiger charge is -2.24. The molecular weight excluding hydrogens is 265 g/mol. The highest BCUT2D eigenvalue weighted by molar-refractivity contribution is 6.31. The first kappa shape index (κ1) is 14.0. The first-order chi connectivity index (χ1) is 9.02. The molecule has 1 aromatic heterocycles. The molecule has 0 spiro atoms. The molecule has 2 aromatic rings. The molecule has 0 aliphatic heterocycles. The topological polar surface area (TPSA) is 43.8 Å². The standard InChI is InChI=1S/C14H17ClFN3/c1-3-13(17)14(10-4-6-11(16)7-5-10)19-8-12(15)9(2)18-19/h4-8,13-14H,3,17H2,1-2H3. The monoisotopic (exact) mass is 281 g/mol. The van der Waals surface area contributed by atoms with Crippen molar-refractivity contribution in [3.8, 4) is 0 Å². The van der Waals surface area contributed by atoms with Crippen LogP contribution in [0.1, 0.15) is 30.6 Å². The van der Waals surface area contributed by atoms with Gasteiger partial charge in [0.05, 0.1) is 16.8 Å². The third-order valence-corrected chi connectivity index (χ3v) is 3.60. The summed E-state index contributed by atoms with van der Waals surface area (Å²) in [4.78, 5) is 0. The molecule has 19 heavy (non-hydrogen) atoms. The summed E-state index contributed by atoms with van der Waals surface area (Å²) < 4.78 is 14.8. The van der Waals surface area contributed by atoms with Crippen molar-refractivity contribution in [2.45, 2.75) is 32.4 Å². The van der Waals surface area contributed by atoms with E-state index in [1.807, 2.05) is 13.8 Å². The van der Waals surface area contributed by atoms with Gasteiger partial charge in [0.2, 0.25) is 0 Å². The van der Waals surface area contributed by atoms with Crippen molar-refractivity contribution in [3.05, 3.63) is 52.6 Å². The molecule has 0 aliphatic rings. The Morgan fingerprint density at radius 2 is 2.00 bits per heavy atom. The molecule has 0 radical (unpaired) electrons. The van der Waals surface area contributed by atoms with Crippen molar-refractivity contribution < 1.29 is 4.39 Å². The smallest absolute Gasteiger partial charge is 0.123 e. The van der Waals surface area contributed by atoms with Crippen LogP contribution in [0.2, 0.25) is 5.02 Å². The Labute approximate surface area is 117 Å². The summed E-state index contributed by atoms with van der Waals surface area (Å²) in [5, 5.41) is 5.00. The fourth-order valence-electron chi connectivity index (χ4n) is 2.08. The van der Waals surface area contributed by atoms with Gasteiger partial charge < -0.3 is 5.73 Å². The minimum absolute atomic E-state index is 0.110. The van der Waals surface area contributed by atoms with Gasteiger partial charge in [0.1, 0.15) is 5.82 Å². The fourth-order valence-corrected chi connectivity index (χ4v) is 2.22. The van der Waals surface area contributed by atoms with E-state index in [2.05, 4.69) is 5.10 Å². The Kier molecular flexibility index (Phi) is 4.22. The van der Waals surface area contributed by atoms with Gasteiger partial charge in [0.15, 0.2) is 0 Å². The number of aromatic nitrogens is 2. The third kappa shape index (κ3) is 2.96. The minimum Gasteiger partial charge on any atom is -0.326 e. The molecule has 2 atom stereocenters. The molecule has 0 saturated carbocycles. The van der Waals surface area contributed by atoms with Crippen LogP contribution >= 0.6 is 11.6 Å². The van der Waals surface area contributed by atoms with Crippen molar-refractivity contribution in [1.29, 1.82) is 0 Å². The molecule has 3 nitrogen and oxygen atoms in total. The van der Waals surface area contributed by atoms with E-state index in [9.17, 15) is 4.39 Å². The van der Waals surface area contributed by atoms with Gasteiger partial charge in [-0.05, 0) is 31.0 Å². The zero-order valence-electron chi connectivity index (χ0n) is 11.0. The van der Waals surface area contributed by atoms with Crippen molar-refractivity contribution in [1.82, 2.24) is 9.78 Å². The van der Waals surface area contributed by atoms with E-state index in [0.29, 0.717) is 5.02 Å². The minimum atomic E-state index is -0.262. The Balaban J connectivity index is 2.44. The first-order valence-corrected chi connectivity index (χ1v) is 6.63. The van der Waals surface area contributed by atoms with E-state index in [1.165, 1.54) is 12.1 Å². The molecule has 1 heterocycles. The summed E-state index contributed by atoms with van der Waals surface area (Å²) in [6, 6.07) is 6.09. The third-order valence-electron chi connectivity index (χ3n) is 3.23. The summed E-state index contributed by atoms with van der Waals surface area (Å²) in [6.07, 6.45) is 2.55. The Bertz CT molecular complexity index is 531. The fraction of sp³-hybridized carbons (Fsp3) is 0.357. The second-order valence-corrected chi connectivity index (χ2v) is 5.02. The SMILES string of the molecule is CCC(N)C(c1ccc(F)cc1)n1cc(Cl)c(C)n1. The number of rotatable bonds is 4. The maximum Gasteiger partial charge on any atom is 0.123 e. The largest absolute Gasteiger partial charge is 0.326 e. The number of aryl methyl sites for hydroxylation is 1. The predicted octanol–water partition coefficient (Wildman–Crippen LogP) is 3.31. The van der Waals surface area contributed by atoms with Gasteiger partial charge in [-0.15, -0.1) is 0 Å². The zero-order chi connectivity index (χ0) is 14.0. The summed E-state index contributed by atoms with van der Waals surface area (Å²) in [5.41, 5.74) is 7.87. The van der Waals surface area contributed by atoms with E-state index < -0.39 is 0 Å². The van der Waals surface area contributed by atoms with Gasteiger partial charge in [0.25, 0.3) is 0 Å². The highest BCUT2D eigenvalue weighted by atomic mass is 35.5. The van der Waals surface area contributed by atoms with E-state index in [4.69, 9.17) is 17.3 Å². The van der Waals surface area contributed by atoms with Gasteiger partial charge in [-0.3, -0.25) is 4.68 Å². The van der Waals surface area contributed by atoms with Crippen LogP contribution in [-0.4, -0.2) is 15.8 Å². The lowest BCUT2D eigenvalue weighted by Crippen LogP contribution is -2.32. The summed E-state index contributed by atoms with van der Waals surface area (Å²) in [5.74, 6) is -0.262. The second-order valence-electron chi connectivity index (χ2n) is 4.61. The van der Waals surface area contributed by atoms with Crippen molar-refractivity contribution in [2.24, 2.45) is 5.73 Å². The van der Waals surface area contributed by atoms with Crippen molar-refractivity contribution >= 4 is 11.6 Å². The molecule has 2 N–H and O–H groups in total. The normalized spacial score (nSPS) is 14.4. The number of nitrogens with two attached hydrogens (primary N) is 1. The maximum absolute atomic E-state index is 13.0. The quantitative estimate of drug-likeness (QED) is 0.934. The van der Waals surface area contributed by atoms with Gasteiger partial charge in [-0.1, -0.05) is 30.7 Å². The molecule has 0 saturated heterocycles. The Morgan fingerprint density at radius 1 is 1.37 bits per heavy atom. The predicted molar refractivity (Wildman–Crippen MR) is 74.8 cm³/mol. The summed E-state index contributed by atoms with van der Waals surface area (Å²) in [6.45, 7) is 3.86. The number of nitrogens with zero attached hydrogens (tertiary/aromatic N) is 2. The molecule has 5 heteroatoms. The van der Waals surface area contributed by atoms with Gasteiger partial charge in [-0.2, -0.15) is 5.10 Å². The van der Waals surface area contributed by atoms with Crippen LogP contribution in [0.3, 0.4) is 0 Å². The van der Waals surface area contributed by atoms with E-state index in [1.54, 1.807) is 23.0 Å². The number of hydrogen-bond donors (Lipinski definition) is 1. The number of hydrogen-bond acceptors (Lipinski definition) is 2. The zero-order valence-corrected chi connectivity index (χ0v) is 11.7. The number of halogens is 2. The van der Waals surface area contributed by atoms with Crippen molar-refractivity contribution in [3.63, 3.8) is 0 Å². The molecule has 2 unspecified atom stereocenters. The van der Waals surface area contributed by atoms with Crippen LogP contribution in [0.15, 0.2) is 30.5 Å². The molecule has 0 aliphatic carbocycles. The lowest BCUT2D eigenvalue weighted by molar-refractivity contribution is 0.422. The Morgan fingerprint density at radius 3 is 2.47 bits per heavy atom. The average molecular weight is 282 g/mol. The van der Waals surface area contributed by atoms with Crippen LogP contribution in [0.25, 0.3) is 0 Å². The van der Waals surface area contributed by atoms with Crippen LogP contribution in [0.5, 0.6) is 0 Å². The summed E-state index contributed by atoms with van der Waals surface area (Å²) >= 11 is 6.05. The van der Waals surface area contributed by atoms with E-state index >= 15 is 0 Å². The number of benzene rings is 1. The molecular formula is C14H17ClFN3. The van der Waals surface area contributed by atoms with Crippen molar-refractivity contribution in [2.75, 3.05) is 0 Å². The van der Waals surface area contributed by atoms with E-state index in [0.717, 1.165) is 17.7 Å². The second kappa shape index (κ2) is 5.72. The van der Waals surface area contributed by atoms with Crippen LogP contribution in [0.4, 0.5) is 4.39 Å². The molecule has 1 aromatic carbocycles. The molecule has 0 fully saturated rings. The molecule has 2 rings (SSSR count). The average Bonchev–Trinajstić information content (AvgIpc) is 2.71. The van der Waals surface area contributed by atoms with Crippen LogP contribution in [0, 0.1) is 12.7 Å². The van der Waals surface area contributed by atoms with Crippen LogP contribution in [-0.2, 0) is 0 Å². The molecule has 0 bridgehead atoms. The summed E-state index contributed by atoms with van der Waals surface area (Å²) in [7, 11) is 0. The highest BCUT2D eigenvalue weighted by Gasteiger charge is 2.22. The molecule has 102 valence electrons. The van der Waals surface area contributed by atoms with Gasteiger partial charge in [-0.25, -0.2) is 4.39 Å². The van der Waals surface area contributed by atoms with Gasteiger partial charge >= 0.3 is 0 Å². The Hall–Kier alpha value is -1.39. The molecule has 0 amide bonds. The van der Waals surface area contributed by atoms with Gasteiger partial charge in [0, 0.05) is 12.2 Å². The van der Waals surface area contributed by atoms with E-state index in [-0.39, 0.29) is 17.9 Å². The lowest BCUT2D eigenvalue weighted by atomic mass is 9.98. The maximum atomic E-state index is 13.0. The highest BCUT2D eigenvalue weighted by Crippen LogP contribution is 2.25.